The molecular weight excluding hydrogens is 472 g/mol. The molecule has 3 aromatic carbocycles. The van der Waals surface area contributed by atoms with Gasteiger partial charge in [-0.25, -0.2) is 0 Å². The van der Waals surface area contributed by atoms with Gasteiger partial charge in [0.2, 0.25) is 0 Å². The first-order valence-corrected chi connectivity index (χ1v) is 12.1. The van der Waals surface area contributed by atoms with Crippen molar-refractivity contribution in [1.82, 2.24) is 0 Å². The highest BCUT2D eigenvalue weighted by Crippen LogP contribution is 2.34. The normalized spacial score (nSPS) is 12.9. The van der Waals surface area contributed by atoms with E-state index >= 15 is 0 Å². The van der Waals surface area contributed by atoms with Crippen LogP contribution < -0.4 is 29.2 Å². The number of para-hydroxylation sites is 2. The zero-order valence-electron chi connectivity index (χ0n) is 21.6. The van der Waals surface area contributed by atoms with Crippen molar-refractivity contribution in [1.29, 1.82) is 0 Å². The van der Waals surface area contributed by atoms with Crippen molar-refractivity contribution in [3.8, 4) is 23.0 Å². The molecule has 2 amide bonds. The third-order valence-corrected chi connectivity index (χ3v) is 5.92. The summed E-state index contributed by atoms with van der Waals surface area (Å²) < 4.78 is 22.3. The number of carbonyl (C=O) groups is 2. The largest absolute Gasteiger partial charge is 0.493 e. The standard InChI is InChI=1S/C29H32N2O6/c1-29(2,3)20-9-12-22(13-10-20)35-16-15-31-23-17-21(11-14-24(23)37-19-28(31)33)30-27(32)18-36-26-8-6-5-7-25(26)34-4/h5-14,17H,15-16,18-19H2,1-4H3,(H,30,32). The molecule has 4 rings (SSSR count). The summed E-state index contributed by atoms with van der Waals surface area (Å²) in [5.41, 5.74) is 2.39. The lowest BCUT2D eigenvalue weighted by Gasteiger charge is -2.29. The van der Waals surface area contributed by atoms with Gasteiger partial charge in [0.15, 0.2) is 24.7 Å². The van der Waals surface area contributed by atoms with Crippen LogP contribution in [0.1, 0.15) is 26.3 Å². The minimum absolute atomic E-state index is 0.0499. The second-order valence-corrected chi connectivity index (χ2v) is 9.63. The summed E-state index contributed by atoms with van der Waals surface area (Å²) in [6.45, 7) is 6.88. The third kappa shape index (κ3) is 6.52. The maximum absolute atomic E-state index is 12.6. The highest BCUT2D eigenvalue weighted by Gasteiger charge is 2.26. The fraction of sp³-hybridized carbons (Fsp3) is 0.310. The van der Waals surface area contributed by atoms with Gasteiger partial charge in [-0.05, 0) is 53.4 Å². The maximum atomic E-state index is 12.6. The summed E-state index contributed by atoms with van der Waals surface area (Å²) in [5.74, 6) is 1.80. The zero-order valence-corrected chi connectivity index (χ0v) is 21.6. The molecule has 8 nitrogen and oxygen atoms in total. The van der Waals surface area contributed by atoms with E-state index in [1.165, 1.54) is 12.7 Å². The molecule has 0 unspecified atom stereocenters. The van der Waals surface area contributed by atoms with Gasteiger partial charge in [-0.2, -0.15) is 0 Å². The van der Waals surface area contributed by atoms with Gasteiger partial charge in [-0.15, -0.1) is 0 Å². The van der Waals surface area contributed by atoms with E-state index < -0.39 is 0 Å². The van der Waals surface area contributed by atoms with Gasteiger partial charge in [0.1, 0.15) is 18.1 Å². The minimum atomic E-state index is -0.345. The van der Waals surface area contributed by atoms with Crippen molar-refractivity contribution in [3.63, 3.8) is 0 Å². The topological polar surface area (TPSA) is 86.3 Å². The molecule has 8 heteroatoms. The molecule has 194 valence electrons. The van der Waals surface area contributed by atoms with E-state index in [0.717, 1.165) is 5.75 Å². The highest BCUT2D eigenvalue weighted by molar-refractivity contribution is 5.99. The zero-order chi connectivity index (χ0) is 26.4. The van der Waals surface area contributed by atoms with Gasteiger partial charge in [0.05, 0.1) is 19.3 Å². The van der Waals surface area contributed by atoms with Crippen LogP contribution in [0.15, 0.2) is 66.7 Å². The highest BCUT2D eigenvalue weighted by atomic mass is 16.5. The molecule has 1 N–H and O–H groups in total. The van der Waals surface area contributed by atoms with Crippen LogP contribution in [0, 0.1) is 0 Å². The molecule has 37 heavy (non-hydrogen) atoms. The number of rotatable bonds is 9. The predicted molar refractivity (Wildman–Crippen MR) is 142 cm³/mol. The van der Waals surface area contributed by atoms with Crippen LogP contribution in [0.2, 0.25) is 0 Å². The van der Waals surface area contributed by atoms with Gasteiger partial charge in [-0.3, -0.25) is 9.59 Å². The number of nitrogens with zero attached hydrogens (tertiary/aromatic N) is 1. The smallest absolute Gasteiger partial charge is 0.265 e. The predicted octanol–water partition coefficient (Wildman–Crippen LogP) is 4.81. The van der Waals surface area contributed by atoms with Crippen molar-refractivity contribution in [2.45, 2.75) is 26.2 Å². The van der Waals surface area contributed by atoms with Gasteiger partial charge in [0.25, 0.3) is 11.8 Å². The molecule has 0 fully saturated rings. The van der Waals surface area contributed by atoms with E-state index in [1.54, 1.807) is 41.3 Å². The van der Waals surface area contributed by atoms with E-state index in [1.807, 2.05) is 18.2 Å². The van der Waals surface area contributed by atoms with Gasteiger partial charge >= 0.3 is 0 Å². The number of amides is 2. The first-order valence-electron chi connectivity index (χ1n) is 12.1. The fourth-order valence-electron chi connectivity index (χ4n) is 3.91. The Morgan fingerprint density at radius 1 is 1.00 bits per heavy atom. The number of hydrogen-bond donors (Lipinski definition) is 1. The van der Waals surface area contributed by atoms with Gasteiger partial charge in [0, 0.05) is 5.69 Å². The number of methoxy groups -OCH3 is 1. The van der Waals surface area contributed by atoms with Gasteiger partial charge < -0.3 is 29.2 Å². The van der Waals surface area contributed by atoms with Crippen molar-refractivity contribution in [3.05, 3.63) is 72.3 Å². The summed E-state index contributed by atoms with van der Waals surface area (Å²) >= 11 is 0. The summed E-state index contributed by atoms with van der Waals surface area (Å²) in [4.78, 5) is 26.8. The number of ether oxygens (including phenoxy) is 4. The Labute approximate surface area is 217 Å². The molecule has 1 aliphatic heterocycles. The molecule has 1 aliphatic rings. The fourth-order valence-corrected chi connectivity index (χ4v) is 3.91. The number of nitrogens with one attached hydrogen (secondary N) is 1. The SMILES string of the molecule is COc1ccccc1OCC(=O)Nc1ccc2c(c1)N(CCOc1ccc(C(C)(C)C)cc1)C(=O)CO2. The minimum Gasteiger partial charge on any atom is -0.493 e. The molecule has 0 radical (unpaired) electrons. The molecule has 0 bridgehead atoms. The van der Waals surface area contributed by atoms with Crippen molar-refractivity contribution in [2.24, 2.45) is 0 Å². The second-order valence-electron chi connectivity index (χ2n) is 9.63. The molecule has 1 heterocycles. The van der Waals surface area contributed by atoms with Crippen LogP contribution in [0.4, 0.5) is 11.4 Å². The van der Waals surface area contributed by atoms with Crippen molar-refractivity contribution < 1.29 is 28.5 Å². The average molecular weight is 505 g/mol. The second kappa shape index (κ2) is 11.2. The number of fused-ring (bicyclic) bond motifs is 1. The first kappa shape index (κ1) is 25.9. The lowest BCUT2D eigenvalue weighted by molar-refractivity contribution is -0.121. The molecular formula is C29H32N2O6. The molecule has 0 spiro atoms. The summed E-state index contributed by atoms with van der Waals surface area (Å²) in [7, 11) is 1.54. The lowest BCUT2D eigenvalue weighted by Crippen LogP contribution is -2.41. The van der Waals surface area contributed by atoms with Crippen LogP contribution in [0.25, 0.3) is 0 Å². The number of anilines is 2. The summed E-state index contributed by atoms with van der Waals surface area (Å²) in [5, 5.41) is 2.80. The molecule has 0 saturated carbocycles. The van der Waals surface area contributed by atoms with Crippen LogP contribution in [-0.4, -0.2) is 45.3 Å². The Balaban J connectivity index is 1.37. The van der Waals surface area contributed by atoms with E-state index in [0.29, 0.717) is 41.8 Å². The summed E-state index contributed by atoms with van der Waals surface area (Å²) in [6.07, 6.45) is 0. The van der Waals surface area contributed by atoms with Crippen LogP contribution >= 0.6 is 0 Å². The van der Waals surface area contributed by atoms with Crippen molar-refractivity contribution in [2.75, 3.05) is 43.7 Å². The van der Waals surface area contributed by atoms with E-state index in [4.69, 9.17) is 18.9 Å². The maximum Gasteiger partial charge on any atom is 0.265 e. The molecule has 0 aromatic heterocycles. The molecule has 3 aromatic rings. The van der Waals surface area contributed by atoms with E-state index in [9.17, 15) is 9.59 Å². The average Bonchev–Trinajstić information content (AvgIpc) is 2.88. The van der Waals surface area contributed by atoms with Crippen LogP contribution in [0.3, 0.4) is 0 Å². The molecule has 0 saturated heterocycles. The summed E-state index contributed by atoms with van der Waals surface area (Å²) in [6, 6.07) is 20.3. The Bertz CT molecular complexity index is 1250. The van der Waals surface area contributed by atoms with Crippen molar-refractivity contribution >= 4 is 23.2 Å². The Hall–Kier alpha value is -4.20. The number of hydrogen-bond acceptors (Lipinski definition) is 6. The monoisotopic (exact) mass is 504 g/mol. The lowest BCUT2D eigenvalue weighted by atomic mass is 9.87. The van der Waals surface area contributed by atoms with Crippen LogP contribution in [-0.2, 0) is 15.0 Å². The quantitative estimate of drug-likeness (QED) is 0.450. The Kier molecular flexibility index (Phi) is 7.86. The first-order chi connectivity index (χ1) is 17.7. The van der Waals surface area contributed by atoms with E-state index in [-0.39, 0.29) is 30.4 Å². The Morgan fingerprint density at radius 2 is 1.73 bits per heavy atom. The number of carbonyl (C=O) groups excluding carboxylic acids is 2. The third-order valence-electron chi connectivity index (χ3n) is 5.92. The van der Waals surface area contributed by atoms with Crippen LogP contribution in [0.5, 0.6) is 23.0 Å². The molecule has 0 aliphatic carbocycles. The number of benzene rings is 3. The van der Waals surface area contributed by atoms with Gasteiger partial charge in [-0.1, -0.05) is 45.0 Å². The Morgan fingerprint density at radius 3 is 2.43 bits per heavy atom. The molecule has 0 atom stereocenters. The van der Waals surface area contributed by atoms with E-state index in [2.05, 4.69) is 38.2 Å².